The van der Waals surface area contributed by atoms with Crippen LogP contribution in [0.25, 0.3) is 12.2 Å². The van der Waals surface area contributed by atoms with E-state index in [2.05, 4.69) is 31.9 Å². The summed E-state index contributed by atoms with van der Waals surface area (Å²) in [5.74, 6) is 0. The molecule has 0 fully saturated rings. The van der Waals surface area contributed by atoms with Crippen molar-refractivity contribution in [1.82, 2.24) is 0 Å². The van der Waals surface area contributed by atoms with Gasteiger partial charge in [-0.05, 0) is 73.4 Å². The van der Waals surface area contributed by atoms with Crippen LogP contribution in [0.3, 0.4) is 0 Å². The third-order valence-electron chi connectivity index (χ3n) is 11.4. The number of fused-ring (bicyclic) bond motifs is 2. The largest absolute Gasteiger partial charge is 0.416 e. The highest BCUT2D eigenvalue weighted by Gasteiger charge is 2.47. The molecule has 0 aromatic heterocycles. The van der Waals surface area contributed by atoms with E-state index in [9.17, 15) is 35.9 Å². The number of alkyl halides is 6. The molecule has 0 radical (unpaired) electrons. The van der Waals surface area contributed by atoms with E-state index in [1.54, 1.807) is 10.7 Å². The highest BCUT2D eigenvalue weighted by atomic mass is 79.9. The minimum atomic E-state index is -4.58. The topological polar surface area (TPSA) is 40.4 Å². The average Bonchev–Trinajstić information content (AvgIpc) is 3.48. The minimum Gasteiger partial charge on any atom is -0.364 e. The molecule has 5 aromatic carbocycles. The average molecular weight is 900 g/mol. The van der Waals surface area contributed by atoms with E-state index in [0.717, 1.165) is 44.3 Å². The molecular formula is C44H37Br2F6N2O2+. The first-order valence-electron chi connectivity index (χ1n) is 18.1. The molecule has 0 aliphatic carbocycles. The van der Waals surface area contributed by atoms with Crippen molar-refractivity contribution in [1.29, 1.82) is 0 Å². The number of hydrogen-bond donors (Lipinski definition) is 0. The van der Waals surface area contributed by atoms with Gasteiger partial charge in [0.25, 0.3) is 0 Å². The van der Waals surface area contributed by atoms with Gasteiger partial charge in [0.05, 0.1) is 33.0 Å². The van der Waals surface area contributed by atoms with Gasteiger partial charge in [-0.1, -0.05) is 94.2 Å². The smallest absolute Gasteiger partial charge is 0.364 e. The molecule has 0 bridgehead atoms. The van der Waals surface area contributed by atoms with Crippen molar-refractivity contribution in [3.63, 3.8) is 0 Å². The second-order valence-electron chi connectivity index (χ2n) is 15.5. The molecule has 12 heteroatoms. The van der Waals surface area contributed by atoms with Crippen molar-refractivity contribution in [2.24, 2.45) is 0 Å². The van der Waals surface area contributed by atoms with Crippen LogP contribution in [-0.4, -0.2) is 29.4 Å². The van der Waals surface area contributed by atoms with Crippen LogP contribution in [0.4, 0.5) is 37.7 Å². The second kappa shape index (κ2) is 14.3. The molecule has 290 valence electrons. The Morgan fingerprint density at radius 1 is 0.714 bits per heavy atom. The number of hydrogen-bond acceptors (Lipinski definition) is 3. The molecule has 0 N–H and O–H groups in total. The number of anilines is 1. The van der Waals surface area contributed by atoms with Crippen molar-refractivity contribution in [2.75, 3.05) is 18.0 Å². The van der Waals surface area contributed by atoms with Gasteiger partial charge >= 0.3 is 12.4 Å². The zero-order chi connectivity index (χ0) is 40.5. The lowest BCUT2D eigenvalue weighted by molar-refractivity contribution is -0.436. The summed E-state index contributed by atoms with van der Waals surface area (Å²) in [6.45, 7) is 8.05. The van der Waals surface area contributed by atoms with E-state index < -0.39 is 51.2 Å². The first-order valence-corrected chi connectivity index (χ1v) is 19.6. The summed E-state index contributed by atoms with van der Waals surface area (Å²) < 4.78 is 87.2. The van der Waals surface area contributed by atoms with Crippen molar-refractivity contribution in [3.05, 3.63) is 158 Å². The summed E-state index contributed by atoms with van der Waals surface area (Å²) in [5, 5.41) is -0.168. The Hall–Kier alpha value is -4.29. The van der Waals surface area contributed by atoms with E-state index in [1.165, 1.54) is 18.2 Å². The fraction of sp³-hybridized carbons (Fsp3) is 0.295. The molecule has 5 aromatic rings. The first kappa shape index (κ1) is 39.9. The van der Waals surface area contributed by atoms with E-state index in [0.29, 0.717) is 47.6 Å². The van der Waals surface area contributed by atoms with Gasteiger partial charge in [0.1, 0.15) is 0 Å². The second-order valence-corrected chi connectivity index (χ2v) is 17.2. The normalized spacial score (nSPS) is 17.4. The summed E-state index contributed by atoms with van der Waals surface area (Å²) in [4.78, 5) is 29.9. The maximum Gasteiger partial charge on any atom is 0.416 e. The van der Waals surface area contributed by atoms with E-state index in [-0.39, 0.29) is 17.0 Å². The van der Waals surface area contributed by atoms with Crippen molar-refractivity contribution in [2.45, 2.75) is 69.8 Å². The van der Waals surface area contributed by atoms with Crippen molar-refractivity contribution < 1.29 is 30.9 Å². The van der Waals surface area contributed by atoms with Gasteiger partial charge in [0.2, 0.25) is 16.5 Å². The van der Waals surface area contributed by atoms with Gasteiger partial charge in [0, 0.05) is 50.7 Å². The Morgan fingerprint density at radius 3 is 1.82 bits per heavy atom. The summed E-state index contributed by atoms with van der Waals surface area (Å²) in [6.07, 6.45) is -5.15. The highest BCUT2D eigenvalue weighted by Crippen LogP contribution is 2.48. The zero-order valence-electron chi connectivity index (χ0n) is 30.9. The van der Waals surface area contributed by atoms with Gasteiger partial charge in [-0.25, -0.2) is 0 Å². The molecule has 0 amide bonds. The lowest BCUT2D eigenvalue weighted by Crippen LogP contribution is -2.66. The highest BCUT2D eigenvalue weighted by molar-refractivity contribution is 9.10. The summed E-state index contributed by atoms with van der Waals surface area (Å²) in [7, 11) is 0. The quantitative estimate of drug-likeness (QED) is 0.115. The lowest BCUT2D eigenvalue weighted by Gasteiger charge is -2.32. The van der Waals surface area contributed by atoms with Crippen molar-refractivity contribution >= 4 is 61.1 Å². The zero-order valence-corrected chi connectivity index (χ0v) is 34.1. The molecule has 2 aliphatic heterocycles. The maximum atomic E-state index is 14.0. The Balaban J connectivity index is 1.34. The van der Waals surface area contributed by atoms with Crippen LogP contribution in [0.2, 0.25) is 0 Å². The molecule has 4 nitrogen and oxygen atoms in total. The van der Waals surface area contributed by atoms with Gasteiger partial charge in [-0.2, -0.15) is 30.9 Å². The minimum absolute atomic E-state index is 0.0721. The summed E-state index contributed by atoms with van der Waals surface area (Å²) in [6, 6.07) is 21.7. The molecule has 7 rings (SSSR count). The summed E-state index contributed by atoms with van der Waals surface area (Å²) >= 11 is 7.11. The molecule has 56 heavy (non-hydrogen) atoms. The molecule has 1 unspecified atom stereocenters. The predicted molar refractivity (Wildman–Crippen MR) is 215 cm³/mol. The fourth-order valence-corrected chi connectivity index (χ4v) is 9.16. The molecule has 1 atom stereocenters. The SMILES string of the molecule is CC1(C)C(C=c2c(=O)c(=CC3N(CCc4ccccc4Br)c4cc(C(F)(F)F)ccc4C3(C)C)c2=O)=[N+](CCc2ccccc2Br)c2cc(C(F)(F)F)ccc21. The van der Waals surface area contributed by atoms with Gasteiger partial charge < -0.3 is 4.90 Å². The summed E-state index contributed by atoms with van der Waals surface area (Å²) in [5.41, 5.74) is 0.113. The van der Waals surface area contributed by atoms with E-state index >= 15 is 0 Å². The van der Waals surface area contributed by atoms with Crippen LogP contribution < -0.4 is 26.2 Å². The Kier molecular flexibility index (Phi) is 10.2. The third-order valence-corrected chi connectivity index (χ3v) is 12.9. The number of rotatable bonds is 8. The first-order chi connectivity index (χ1) is 26.2. The fourth-order valence-electron chi connectivity index (χ4n) is 8.20. The number of nitrogens with zero attached hydrogens (tertiary/aromatic N) is 2. The Morgan fingerprint density at radius 2 is 1.25 bits per heavy atom. The van der Waals surface area contributed by atoms with Gasteiger partial charge in [-0.3, -0.25) is 9.59 Å². The van der Waals surface area contributed by atoms with Crippen LogP contribution >= 0.6 is 31.9 Å². The monoisotopic (exact) mass is 897 g/mol. The van der Waals surface area contributed by atoms with Crippen LogP contribution in [0.1, 0.15) is 61.1 Å². The van der Waals surface area contributed by atoms with Gasteiger partial charge in [0.15, 0.2) is 12.3 Å². The number of halogens is 8. The van der Waals surface area contributed by atoms with Crippen LogP contribution in [-0.2, 0) is 36.0 Å². The predicted octanol–water partition coefficient (Wildman–Crippen LogP) is 9.13. The molecule has 0 spiro atoms. The van der Waals surface area contributed by atoms with Gasteiger partial charge in [-0.15, -0.1) is 0 Å². The maximum absolute atomic E-state index is 14.0. The molecule has 2 heterocycles. The molecule has 2 aliphatic rings. The van der Waals surface area contributed by atoms with Crippen molar-refractivity contribution in [3.8, 4) is 0 Å². The van der Waals surface area contributed by atoms with Crippen LogP contribution in [0, 0.1) is 0 Å². The standard InChI is InChI=1S/C44H37Br2F6N2O2/c1-41(2)31-15-13-27(43(47,48)49)21-35(31)53(19-17-25-9-5-7-11-33(25)45)37(41)23-29-39(55)30(40(29)56)24-38-42(3,4)32-16-14-28(44(50,51)52)22-36(32)54(38)20-18-26-10-6-8-12-34(26)46/h5-16,21-24,37H,17-20H2,1-4H3/q+1. The third kappa shape index (κ3) is 7.01. The number of benzene rings is 4. The molecule has 0 saturated heterocycles. The molecular weight excluding hydrogens is 862 g/mol. The van der Waals surface area contributed by atoms with Crippen LogP contribution in [0.15, 0.2) is 103 Å². The molecule has 0 saturated carbocycles. The van der Waals surface area contributed by atoms with Crippen LogP contribution in [0.5, 0.6) is 0 Å². The Bertz CT molecular complexity index is 2580. The van der Waals surface area contributed by atoms with E-state index in [1.807, 2.05) is 81.1 Å². The lowest BCUT2D eigenvalue weighted by atomic mass is 9.79. The Labute approximate surface area is 336 Å². The van der Waals surface area contributed by atoms with E-state index in [4.69, 9.17) is 0 Å².